The second-order valence-electron chi connectivity index (χ2n) is 4.08. The van der Waals surface area contributed by atoms with Gasteiger partial charge in [0.05, 0.1) is 13.1 Å². The molecule has 0 aliphatic carbocycles. The maximum absolute atomic E-state index is 12.6. The molecule has 17 heavy (non-hydrogen) atoms. The lowest BCUT2D eigenvalue weighted by Crippen LogP contribution is -3.15. The molecule has 5 heteroatoms. The van der Waals surface area contributed by atoms with E-state index in [1.807, 2.05) is 0 Å². The van der Waals surface area contributed by atoms with E-state index in [0.29, 0.717) is 18.9 Å². The highest BCUT2D eigenvalue weighted by Gasteiger charge is 2.18. The molecule has 1 unspecified atom stereocenters. The van der Waals surface area contributed by atoms with Gasteiger partial charge < -0.3 is 15.0 Å². The lowest BCUT2D eigenvalue weighted by Gasteiger charge is -2.23. The zero-order valence-corrected chi connectivity index (χ0v) is 9.54. The van der Waals surface area contributed by atoms with Crippen LogP contribution in [0.3, 0.4) is 0 Å². The summed E-state index contributed by atoms with van der Waals surface area (Å²) in [6, 6.07) is 5.95. The van der Waals surface area contributed by atoms with Crippen LogP contribution >= 0.6 is 0 Å². The van der Waals surface area contributed by atoms with Crippen LogP contribution in [0, 0.1) is 5.82 Å². The van der Waals surface area contributed by atoms with Crippen molar-refractivity contribution < 1.29 is 18.8 Å². The fourth-order valence-corrected chi connectivity index (χ4v) is 1.81. The average molecular weight is 239 g/mol. The van der Waals surface area contributed by atoms with Crippen LogP contribution in [-0.4, -0.2) is 38.7 Å². The van der Waals surface area contributed by atoms with Crippen molar-refractivity contribution in [2.75, 3.05) is 32.8 Å². The van der Waals surface area contributed by atoms with Gasteiger partial charge in [0.25, 0.3) is 5.91 Å². The fraction of sp³-hybridized carbons (Fsp3) is 0.417. The van der Waals surface area contributed by atoms with Gasteiger partial charge in [-0.25, -0.2) is 4.39 Å². The number of ether oxygens (including phenoxy) is 1. The van der Waals surface area contributed by atoms with Gasteiger partial charge >= 0.3 is 0 Å². The van der Waals surface area contributed by atoms with E-state index in [4.69, 9.17) is 4.74 Å². The van der Waals surface area contributed by atoms with Crippen LogP contribution in [0.4, 0.5) is 4.39 Å². The summed E-state index contributed by atoms with van der Waals surface area (Å²) < 4.78 is 18.1. The summed E-state index contributed by atoms with van der Waals surface area (Å²) in [6.07, 6.45) is 0. The summed E-state index contributed by atoms with van der Waals surface area (Å²) in [6.45, 7) is 3.48. The van der Waals surface area contributed by atoms with Crippen molar-refractivity contribution in [2.24, 2.45) is 0 Å². The Hall–Kier alpha value is -1.62. The van der Waals surface area contributed by atoms with Crippen molar-refractivity contribution in [2.45, 2.75) is 0 Å². The van der Waals surface area contributed by atoms with Crippen LogP contribution in [-0.2, 0) is 4.79 Å². The average Bonchev–Trinajstić information content (AvgIpc) is 2.32. The minimum Gasteiger partial charge on any atom is -0.488 e. The molecule has 2 N–H and O–H groups in total. The van der Waals surface area contributed by atoms with E-state index in [1.165, 1.54) is 17.0 Å². The molecule has 0 radical (unpaired) electrons. The molecule has 1 saturated heterocycles. The van der Waals surface area contributed by atoms with Gasteiger partial charge in [-0.3, -0.25) is 4.79 Å². The Balaban J connectivity index is 1.72. The molecule has 2 rings (SSSR count). The van der Waals surface area contributed by atoms with Gasteiger partial charge in [-0.15, -0.1) is 0 Å². The van der Waals surface area contributed by atoms with E-state index in [0.717, 1.165) is 19.6 Å². The molecular weight excluding hydrogens is 223 g/mol. The van der Waals surface area contributed by atoms with Gasteiger partial charge in [0.15, 0.2) is 6.54 Å². The van der Waals surface area contributed by atoms with E-state index in [1.54, 1.807) is 12.1 Å². The number of rotatable bonds is 4. The van der Waals surface area contributed by atoms with E-state index < -0.39 is 0 Å². The molecule has 1 heterocycles. The Kier molecular flexibility index (Phi) is 3.93. The van der Waals surface area contributed by atoms with E-state index >= 15 is 0 Å². The lowest BCUT2D eigenvalue weighted by molar-refractivity contribution is -0.893. The van der Waals surface area contributed by atoms with E-state index in [9.17, 15) is 9.18 Å². The van der Waals surface area contributed by atoms with E-state index in [-0.39, 0.29) is 11.7 Å². The highest BCUT2D eigenvalue weighted by Crippen LogP contribution is 2.10. The first kappa shape index (κ1) is 11.9. The van der Waals surface area contributed by atoms with Crippen LogP contribution < -0.4 is 15.0 Å². The van der Waals surface area contributed by atoms with Gasteiger partial charge in [0.1, 0.15) is 24.7 Å². The minimum atomic E-state index is -0.268. The van der Waals surface area contributed by atoms with Crippen molar-refractivity contribution in [3.63, 3.8) is 0 Å². The summed E-state index contributed by atoms with van der Waals surface area (Å²) in [5, 5.41) is 2.78. The molecule has 1 aliphatic rings. The summed E-state index contributed by atoms with van der Waals surface area (Å²) in [5.74, 6) is 0.482. The molecule has 0 spiro atoms. The van der Waals surface area contributed by atoms with Gasteiger partial charge in [-0.05, 0) is 24.3 Å². The molecule has 1 aromatic rings. The molecule has 0 bridgehead atoms. The number of hydrogen-bond donors (Lipinski definition) is 2. The monoisotopic (exact) mass is 239 g/mol. The number of carbonyl (C=O) groups is 1. The predicted molar refractivity (Wildman–Crippen MR) is 60.5 cm³/mol. The van der Waals surface area contributed by atoms with Crippen molar-refractivity contribution in [1.29, 1.82) is 0 Å². The number of amides is 1. The first-order chi connectivity index (χ1) is 8.24. The van der Waals surface area contributed by atoms with Gasteiger partial charge in [-0.2, -0.15) is 0 Å². The summed E-state index contributed by atoms with van der Waals surface area (Å²) in [4.78, 5) is 12.3. The molecular formula is C12H16FN2O2+. The number of nitrogens with one attached hydrogen (secondary N) is 2. The number of halogens is 1. The summed E-state index contributed by atoms with van der Waals surface area (Å²) in [5.41, 5.74) is 0. The highest BCUT2D eigenvalue weighted by atomic mass is 19.1. The second-order valence-corrected chi connectivity index (χ2v) is 4.08. The van der Waals surface area contributed by atoms with E-state index in [2.05, 4.69) is 5.32 Å². The zero-order chi connectivity index (χ0) is 12.1. The third-order valence-corrected chi connectivity index (χ3v) is 2.75. The zero-order valence-electron chi connectivity index (χ0n) is 9.54. The Labute approximate surface area is 99.4 Å². The van der Waals surface area contributed by atoms with Crippen LogP contribution in [0.5, 0.6) is 5.75 Å². The van der Waals surface area contributed by atoms with Crippen molar-refractivity contribution in [3.8, 4) is 5.75 Å². The molecule has 1 atom stereocenters. The number of quaternary nitrogens is 1. The van der Waals surface area contributed by atoms with Crippen molar-refractivity contribution >= 4 is 5.91 Å². The van der Waals surface area contributed by atoms with Crippen LogP contribution in [0.15, 0.2) is 24.3 Å². The Morgan fingerprint density at radius 1 is 1.35 bits per heavy atom. The van der Waals surface area contributed by atoms with Gasteiger partial charge in [0, 0.05) is 0 Å². The maximum Gasteiger partial charge on any atom is 0.275 e. The number of carbonyl (C=O) groups excluding carboxylic acids is 1. The Morgan fingerprint density at radius 3 is 2.82 bits per heavy atom. The van der Waals surface area contributed by atoms with Crippen molar-refractivity contribution in [3.05, 3.63) is 30.1 Å². The number of hydrogen-bond acceptors (Lipinski definition) is 2. The van der Waals surface area contributed by atoms with Gasteiger partial charge in [0.2, 0.25) is 0 Å². The van der Waals surface area contributed by atoms with Gasteiger partial charge in [-0.1, -0.05) is 0 Å². The quantitative estimate of drug-likeness (QED) is 0.724. The van der Waals surface area contributed by atoms with Crippen LogP contribution in [0.1, 0.15) is 0 Å². The molecule has 0 aromatic heterocycles. The molecule has 1 aromatic carbocycles. The first-order valence-electron chi connectivity index (χ1n) is 5.73. The number of benzene rings is 1. The SMILES string of the molecule is O=C1C[NH+](CCOc2ccc(F)cc2)CCN1. The first-order valence-corrected chi connectivity index (χ1v) is 5.73. The minimum absolute atomic E-state index is 0.0908. The molecule has 1 aliphatic heterocycles. The Morgan fingerprint density at radius 2 is 2.12 bits per heavy atom. The molecule has 0 saturated carbocycles. The maximum atomic E-state index is 12.6. The van der Waals surface area contributed by atoms with Crippen LogP contribution in [0.2, 0.25) is 0 Å². The third-order valence-electron chi connectivity index (χ3n) is 2.75. The smallest absolute Gasteiger partial charge is 0.275 e. The third kappa shape index (κ3) is 3.71. The second kappa shape index (κ2) is 5.63. The molecule has 1 fully saturated rings. The number of piperazine rings is 1. The topological polar surface area (TPSA) is 42.8 Å². The standard InChI is InChI=1S/C12H15FN2O2/c13-10-1-3-11(4-2-10)17-8-7-15-6-5-14-12(16)9-15/h1-4H,5-9H2,(H,14,16)/p+1. The molecule has 1 amide bonds. The largest absolute Gasteiger partial charge is 0.488 e. The highest BCUT2D eigenvalue weighted by molar-refractivity contribution is 5.77. The molecule has 92 valence electrons. The lowest BCUT2D eigenvalue weighted by atomic mass is 10.3. The predicted octanol–water partition coefficient (Wildman–Crippen LogP) is -0.781. The summed E-state index contributed by atoms with van der Waals surface area (Å²) >= 11 is 0. The Bertz CT molecular complexity index is 381. The molecule has 4 nitrogen and oxygen atoms in total. The normalized spacial score (nSPS) is 19.8. The van der Waals surface area contributed by atoms with Crippen molar-refractivity contribution in [1.82, 2.24) is 5.32 Å². The summed E-state index contributed by atoms with van der Waals surface area (Å²) in [7, 11) is 0. The van der Waals surface area contributed by atoms with Crippen LogP contribution in [0.25, 0.3) is 0 Å². The fourth-order valence-electron chi connectivity index (χ4n) is 1.81.